The van der Waals surface area contributed by atoms with Gasteiger partial charge in [0, 0.05) is 11.9 Å². The molecule has 3 aromatic rings. The van der Waals surface area contributed by atoms with Crippen LogP contribution in [0.4, 0.5) is 0 Å². The molecule has 1 amide bonds. The average molecular weight is 388 g/mol. The van der Waals surface area contributed by atoms with Gasteiger partial charge in [0.25, 0.3) is 5.56 Å². The van der Waals surface area contributed by atoms with E-state index in [1.165, 1.54) is 11.8 Å². The van der Waals surface area contributed by atoms with Gasteiger partial charge in [0.2, 0.25) is 5.91 Å². The second kappa shape index (κ2) is 8.51. The standard InChI is InChI=1S/C19H21N3O2S2/c1-3-7-14(16-10-6-11-25-16)20-17(23)12-26-18-19(24)22(2)15-9-5-4-8-13(15)21-18/h4-6,8-11,14H,3,7,12H2,1-2H3,(H,20,23). The monoisotopic (exact) mass is 387 g/mol. The van der Waals surface area contributed by atoms with Crippen LogP contribution in [0.2, 0.25) is 0 Å². The zero-order valence-electron chi connectivity index (χ0n) is 14.8. The Bertz CT molecular complexity index is 951. The Balaban J connectivity index is 1.70. The molecule has 0 aliphatic carbocycles. The number of thioether (sulfide) groups is 1. The fourth-order valence-corrected chi connectivity index (χ4v) is 4.37. The van der Waals surface area contributed by atoms with Crippen LogP contribution in [0.15, 0.2) is 51.6 Å². The molecule has 0 saturated carbocycles. The maximum absolute atomic E-state index is 12.5. The van der Waals surface area contributed by atoms with E-state index in [1.54, 1.807) is 23.0 Å². The van der Waals surface area contributed by atoms with Gasteiger partial charge < -0.3 is 9.88 Å². The molecular weight excluding hydrogens is 366 g/mol. The molecule has 2 aromatic heterocycles. The summed E-state index contributed by atoms with van der Waals surface area (Å²) in [7, 11) is 1.73. The Kier molecular flexibility index (Phi) is 6.11. The molecule has 0 aliphatic heterocycles. The van der Waals surface area contributed by atoms with Gasteiger partial charge in [-0.3, -0.25) is 9.59 Å². The van der Waals surface area contributed by atoms with E-state index in [0.29, 0.717) is 5.03 Å². The van der Waals surface area contributed by atoms with Gasteiger partial charge >= 0.3 is 0 Å². The Labute approximate surface area is 160 Å². The number of fused-ring (bicyclic) bond motifs is 1. The SMILES string of the molecule is CCCC(NC(=O)CSc1nc2ccccc2n(C)c1=O)c1cccs1. The number of hydrogen-bond acceptors (Lipinski definition) is 5. The van der Waals surface area contributed by atoms with Crippen molar-refractivity contribution in [1.29, 1.82) is 0 Å². The molecule has 0 aliphatic rings. The quantitative estimate of drug-likeness (QED) is 0.627. The average Bonchev–Trinajstić information content (AvgIpc) is 3.18. The highest BCUT2D eigenvalue weighted by atomic mass is 32.2. The molecular formula is C19H21N3O2S2. The predicted molar refractivity (Wildman–Crippen MR) is 108 cm³/mol. The lowest BCUT2D eigenvalue weighted by atomic mass is 10.1. The minimum atomic E-state index is -0.176. The van der Waals surface area contributed by atoms with Crippen molar-refractivity contribution >= 4 is 40.0 Å². The number of carbonyl (C=O) groups is 1. The summed E-state index contributed by atoms with van der Waals surface area (Å²) in [5.41, 5.74) is 1.36. The van der Waals surface area contributed by atoms with Crippen LogP contribution in [-0.4, -0.2) is 21.2 Å². The second-order valence-corrected chi connectivity index (χ2v) is 7.93. The molecule has 136 valence electrons. The molecule has 1 unspecified atom stereocenters. The summed E-state index contributed by atoms with van der Waals surface area (Å²) in [6.45, 7) is 2.10. The lowest BCUT2D eigenvalue weighted by Gasteiger charge is -2.16. The maximum Gasteiger partial charge on any atom is 0.283 e. The summed E-state index contributed by atoms with van der Waals surface area (Å²) >= 11 is 2.83. The van der Waals surface area contributed by atoms with Gasteiger partial charge in [-0.25, -0.2) is 4.98 Å². The van der Waals surface area contributed by atoms with E-state index in [9.17, 15) is 9.59 Å². The van der Waals surface area contributed by atoms with Crippen LogP contribution in [0.25, 0.3) is 11.0 Å². The van der Waals surface area contributed by atoms with E-state index in [-0.39, 0.29) is 23.3 Å². The van der Waals surface area contributed by atoms with E-state index in [2.05, 4.69) is 17.2 Å². The molecule has 1 atom stereocenters. The number of aryl methyl sites for hydroxylation is 1. The van der Waals surface area contributed by atoms with Crippen LogP contribution < -0.4 is 10.9 Å². The van der Waals surface area contributed by atoms with Crippen LogP contribution in [0, 0.1) is 0 Å². The van der Waals surface area contributed by atoms with Gasteiger partial charge in [0.1, 0.15) is 0 Å². The number of carbonyl (C=O) groups excluding carboxylic acids is 1. The molecule has 7 heteroatoms. The van der Waals surface area contributed by atoms with Crippen LogP contribution in [0.3, 0.4) is 0 Å². The van der Waals surface area contributed by atoms with Crippen molar-refractivity contribution < 1.29 is 4.79 Å². The molecule has 0 bridgehead atoms. The number of nitrogens with zero attached hydrogens (tertiary/aromatic N) is 2. The third-order valence-electron chi connectivity index (χ3n) is 4.09. The Hall–Kier alpha value is -2.12. The van der Waals surface area contributed by atoms with Crippen LogP contribution in [0.5, 0.6) is 0 Å². The van der Waals surface area contributed by atoms with E-state index < -0.39 is 0 Å². The van der Waals surface area contributed by atoms with Crippen molar-refractivity contribution in [3.63, 3.8) is 0 Å². The minimum absolute atomic E-state index is 0.0282. The highest BCUT2D eigenvalue weighted by Gasteiger charge is 2.16. The lowest BCUT2D eigenvalue weighted by molar-refractivity contribution is -0.119. The molecule has 0 fully saturated rings. The van der Waals surface area contributed by atoms with Crippen LogP contribution in [0.1, 0.15) is 30.7 Å². The fourth-order valence-electron chi connectivity index (χ4n) is 2.78. The van der Waals surface area contributed by atoms with Crippen molar-refractivity contribution in [2.45, 2.75) is 30.8 Å². The Morgan fingerprint density at radius 1 is 1.31 bits per heavy atom. The van der Waals surface area contributed by atoms with Crippen molar-refractivity contribution in [3.8, 4) is 0 Å². The summed E-state index contributed by atoms with van der Waals surface area (Å²) in [6.07, 6.45) is 1.88. The highest BCUT2D eigenvalue weighted by Crippen LogP contribution is 2.23. The van der Waals surface area contributed by atoms with Gasteiger partial charge in [-0.05, 0) is 30.0 Å². The molecule has 1 aromatic carbocycles. The summed E-state index contributed by atoms with van der Waals surface area (Å²) < 4.78 is 1.58. The Morgan fingerprint density at radius 2 is 2.12 bits per heavy atom. The first-order valence-corrected chi connectivity index (χ1v) is 10.4. The summed E-state index contributed by atoms with van der Waals surface area (Å²) in [5, 5.41) is 5.44. The zero-order chi connectivity index (χ0) is 18.5. The molecule has 1 N–H and O–H groups in total. The zero-order valence-corrected chi connectivity index (χ0v) is 16.4. The number of hydrogen-bond donors (Lipinski definition) is 1. The fraction of sp³-hybridized carbons (Fsp3) is 0.316. The van der Waals surface area contributed by atoms with Crippen LogP contribution in [-0.2, 0) is 11.8 Å². The molecule has 0 radical (unpaired) electrons. The minimum Gasteiger partial charge on any atom is -0.348 e. The molecule has 3 rings (SSSR count). The molecule has 2 heterocycles. The highest BCUT2D eigenvalue weighted by molar-refractivity contribution is 7.99. The number of rotatable bonds is 7. The lowest BCUT2D eigenvalue weighted by Crippen LogP contribution is -2.30. The Morgan fingerprint density at radius 3 is 2.85 bits per heavy atom. The maximum atomic E-state index is 12.5. The number of benzene rings is 1. The van der Waals surface area contributed by atoms with Gasteiger partial charge in [0.15, 0.2) is 5.03 Å². The molecule has 0 saturated heterocycles. The third-order valence-corrected chi connectivity index (χ3v) is 6.02. The van der Waals surface area contributed by atoms with E-state index >= 15 is 0 Å². The summed E-state index contributed by atoms with van der Waals surface area (Å²) in [5.74, 6) is 0.0884. The van der Waals surface area contributed by atoms with Gasteiger partial charge in [-0.1, -0.05) is 43.3 Å². The van der Waals surface area contributed by atoms with Crippen molar-refractivity contribution in [2.75, 3.05) is 5.75 Å². The first-order valence-electron chi connectivity index (χ1n) is 8.51. The van der Waals surface area contributed by atoms with E-state index in [1.807, 2.05) is 41.8 Å². The van der Waals surface area contributed by atoms with Crippen LogP contribution >= 0.6 is 23.1 Å². The number of nitrogens with one attached hydrogen (secondary N) is 1. The molecule has 0 spiro atoms. The number of amides is 1. The van der Waals surface area contributed by atoms with Gasteiger partial charge in [-0.2, -0.15) is 0 Å². The number of para-hydroxylation sites is 2. The number of aromatic nitrogens is 2. The smallest absolute Gasteiger partial charge is 0.283 e. The first-order chi connectivity index (χ1) is 12.6. The van der Waals surface area contributed by atoms with Gasteiger partial charge in [0.05, 0.1) is 22.8 Å². The largest absolute Gasteiger partial charge is 0.348 e. The number of thiophene rings is 1. The van der Waals surface area contributed by atoms with E-state index in [0.717, 1.165) is 28.8 Å². The molecule has 5 nitrogen and oxygen atoms in total. The predicted octanol–water partition coefficient (Wildman–Crippen LogP) is 3.74. The van der Waals surface area contributed by atoms with E-state index in [4.69, 9.17) is 0 Å². The van der Waals surface area contributed by atoms with Crippen molar-refractivity contribution in [3.05, 3.63) is 57.0 Å². The second-order valence-electron chi connectivity index (χ2n) is 5.98. The molecule has 26 heavy (non-hydrogen) atoms. The van der Waals surface area contributed by atoms with Crippen molar-refractivity contribution in [2.24, 2.45) is 7.05 Å². The summed E-state index contributed by atoms with van der Waals surface area (Å²) in [4.78, 5) is 30.4. The third kappa shape index (κ3) is 4.16. The summed E-state index contributed by atoms with van der Waals surface area (Å²) in [6, 6.07) is 11.6. The van der Waals surface area contributed by atoms with Crippen molar-refractivity contribution in [1.82, 2.24) is 14.9 Å². The first kappa shape index (κ1) is 18.7. The van der Waals surface area contributed by atoms with Gasteiger partial charge in [-0.15, -0.1) is 11.3 Å². The normalized spacial score (nSPS) is 12.2. The topological polar surface area (TPSA) is 64.0 Å².